The molecule has 6 aromatic carbocycles. The Labute approximate surface area is 286 Å². The highest BCUT2D eigenvalue weighted by atomic mass is 15.1. The molecule has 2 aliphatic rings. The minimum absolute atomic E-state index is 0.0822. The molecule has 0 unspecified atom stereocenters. The Kier molecular flexibility index (Phi) is 7.04. The lowest BCUT2D eigenvalue weighted by Crippen LogP contribution is -2.34. The van der Waals surface area contributed by atoms with E-state index in [9.17, 15) is 0 Å². The van der Waals surface area contributed by atoms with Gasteiger partial charge < -0.3 is 4.90 Å². The first-order chi connectivity index (χ1) is 23.1. The van der Waals surface area contributed by atoms with Gasteiger partial charge in [-0.3, -0.25) is 0 Å². The maximum absolute atomic E-state index is 2.57. The Bertz CT molecular complexity index is 2100. The molecular formula is C47H45N. The Morgan fingerprint density at radius 3 is 1.48 bits per heavy atom. The van der Waals surface area contributed by atoms with Crippen molar-refractivity contribution < 1.29 is 0 Å². The molecule has 0 aromatic heterocycles. The molecule has 8 rings (SSSR count). The summed E-state index contributed by atoms with van der Waals surface area (Å²) in [6.07, 6.45) is 2.36. The first-order valence-corrected chi connectivity index (χ1v) is 17.5. The van der Waals surface area contributed by atoms with E-state index >= 15 is 0 Å². The number of hydrogen-bond donors (Lipinski definition) is 0. The molecule has 0 N–H and O–H groups in total. The van der Waals surface area contributed by atoms with E-state index in [1.54, 1.807) is 0 Å². The van der Waals surface area contributed by atoms with Crippen LogP contribution in [-0.4, -0.2) is 0 Å². The number of hydrogen-bond acceptors (Lipinski definition) is 1. The predicted molar refractivity (Wildman–Crippen MR) is 205 cm³/mol. The van der Waals surface area contributed by atoms with Crippen LogP contribution >= 0.6 is 0 Å². The van der Waals surface area contributed by atoms with Crippen molar-refractivity contribution in [1.29, 1.82) is 0 Å². The molecule has 6 aromatic rings. The normalized spacial score (nSPS) is 16.5. The molecule has 0 saturated carbocycles. The molecule has 1 heteroatoms. The van der Waals surface area contributed by atoms with Crippen molar-refractivity contribution >= 4 is 17.1 Å². The first-order valence-electron chi connectivity index (χ1n) is 17.5. The molecule has 1 nitrogen and oxygen atoms in total. The van der Waals surface area contributed by atoms with Crippen molar-refractivity contribution in [2.45, 2.75) is 70.6 Å². The first kappa shape index (κ1) is 30.5. The molecule has 0 fully saturated rings. The smallest absolute Gasteiger partial charge is 0.0543 e. The molecule has 48 heavy (non-hydrogen) atoms. The van der Waals surface area contributed by atoms with Gasteiger partial charge in [0, 0.05) is 22.4 Å². The fourth-order valence-electron chi connectivity index (χ4n) is 8.41. The van der Waals surface area contributed by atoms with E-state index in [0.717, 1.165) is 11.4 Å². The predicted octanol–water partition coefficient (Wildman–Crippen LogP) is 13.1. The summed E-state index contributed by atoms with van der Waals surface area (Å²) in [6.45, 7) is 14.5. The van der Waals surface area contributed by atoms with Crippen LogP contribution in [0, 0.1) is 0 Å². The highest BCUT2D eigenvalue weighted by molar-refractivity contribution is 5.99. The molecule has 0 bridgehead atoms. The van der Waals surface area contributed by atoms with Gasteiger partial charge in [-0.25, -0.2) is 0 Å². The maximum Gasteiger partial charge on any atom is 0.0543 e. The molecule has 238 valence electrons. The van der Waals surface area contributed by atoms with Crippen LogP contribution in [0.2, 0.25) is 0 Å². The Hall–Kier alpha value is -4.88. The largest absolute Gasteiger partial charge is 0.310 e. The van der Waals surface area contributed by atoms with Crippen molar-refractivity contribution in [2.24, 2.45) is 0 Å². The topological polar surface area (TPSA) is 3.24 Å². The zero-order chi connectivity index (χ0) is 33.3. The Morgan fingerprint density at radius 1 is 0.396 bits per heavy atom. The fourth-order valence-corrected chi connectivity index (χ4v) is 8.41. The molecular weight excluding hydrogens is 579 g/mol. The summed E-state index contributed by atoms with van der Waals surface area (Å²) in [6, 6.07) is 52.0. The SMILES string of the molecule is CC1(C)CCC(C)(C)c2cc(-c3cc4c(cc3N(c3ccccc3)c3ccccc3)C(C)(C)c3ccccc3-4)c(-c3ccccc3)cc21. The van der Waals surface area contributed by atoms with Crippen LogP contribution in [0.25, 0.3) is 33.4 Å². The van der Waals surface area contributed by atoms with E-state index in [0.29, 0.717) is 0 Å². The average molecular weight is 624 g/mol. The highest BCUT2D eigenvalue weighted by Crippen LogP contribution is 2.56. The quantitative estimate of drug-likeness (QED) is 0.185. The third-order valence-corrected chi connectivity index (χ3v) is 11.3. The second-order valence-corrected chi connectivity index (χ2v) is 15.7. The third kappa shape index (κ3) is 4.83. The standard InChI is InChI=1S/C47H45N/c1-45(2)26-27-46(3,4)43-30-37(36(29-42(43)45)32-18-10-7-11-19-32)39-28-38-35-24-16-17-25-40(35)47(5,6)41(38)31-44(39)48(33-20-12-8-13-21-33)34-22-14-9-15-23-34/h7-25,28-31H,26-27H2,1-6H3. The van der Waals surface area contributed by atoms with Gasteiger partial charge in [-0.1, -0.05) is 133 Å². The van der Waals surface area contributed by atoms with Gasteiger partial charge in [-0.15, -0.1) is 0 Å². The molecule has 0 aliphatic heterocycles. The van der Waals surface area contributed by atoms with Crippen molar-refractivity contribution in [1.82, 2.24) is 0 Å². The number of rotatable bonds is 5. The van der Waals surface area contributed by atoms with Crippen molar-refractivity contribution in [3.8, 4) is 33.4 Å². The molecule has 0 radical (unpaired) electrons. The number of anilines is 3. The van der Waals surface area contributed by atoms with Gasteiger partial charge in [-0.2, -0.15) is 0 Å². The Morgan fingerprint density at radius 2 is 0.896 bits per heavy atom. The molecule has 2 aliphatic carbocycles. The lowest BCUT2D eigenvalue weighted by atomic mass is 9.62. The van der Waals surface area contributed by atoms with Gasteiger partial charge in [0.05, 0.1) is 5.69 Å². The molecule has 0 saturated heterocycles. The van der Waals surface area contributed by atoms with Crippen molar-refractivity contribution in [3.05, 3.63) is 162 Å². The van der Waals surface area contributed by atoms with E-state index in [1.807, 2.05) is 0 Å². The van der Waals surface area contributed by atoms with Crippen LogP contribution in [0.15, 0.2) is 140 Å². The van der Waals surface area contributed by atoms with Crippen LogP contribution < -0.4 is 4.90 Å². The van der Waals surface area contributed by atoms with E-state index in [4.69, 9.17) is 0 Å². The minimum Gasteiger partial charge on any atom is -0.310 e. The van der Waals surface area contributed by atoms with Crippen LogP contribution in [-0.2, 0) is 16.2 Å². The molecule has 0 amide bonds. The second-order valence-electron chi connectivity index (χ2n) is 15.7. The van der Waals surface area contributed by atoms with Gasteiger partial charge in [0.15, 0.2) is 0 Å². The summed E-state index contributed by atoms with van der Waals surface area (Å²) in [5.74, 6) is 0. The lowest BCUT2D eigenvalue weighted by molar-refractivity contribution is 0.332. The molecule has 0 atom stereocenters. The highest BCUT2D eigenvalue weighted by Gasteiger charge is 2.40. The summed E-state index contributed by atoms with van der Waals surface area (Å²) in [5, 5.41) is 0. The van der Waals surface area contributed by atoms with Gasteiger partial charge in [-0.05, 0) is 122 Å². The number of nitrogens with zero attached hydrogens (tertiary/aromatic N) is 1. The van der Waals surface area contributed by atoms with Crippen molar-refractivity contribution in [2.75, 3.05) is 4.90 Å². The van der Waals surface area contributed by atoms with Crippen molar-refractivity contribution in [3.63, 3.8) is 0 Å². The summed E-state index contributed by atoms with van der Waals surface area (Å²) >= 11 is 0. The zero-order valence-corrected chi connectivity index (χ0v) is 29.1. The monoisotopic (exact) mass is 623 g/mol. The number of benzene rings is 6. The summed E-state index contributed by atoms with van der Waals surface area (Å²) in [5.41, 5.74) is 17.1. The average Bonchev–Trinajstić information content (AvgIpc) is 3.33. The van der Waals surface area contributed by atoms with Crippen LogP contribution in [0.1, 0.15) is 76.6 Å². The summed E-state index contributed by atoms with van der Waals surface area (Å²) in [7, 11) is 0. The lowest BCUT2D eigenvalue weighted by Gasteiger charge is -2.42. The second kappa shape index (κ2) is 11.1. The Balaban J connectivity index is 1.52. The van der Waals surface area contributed by atoms with Gasteiger partial charge >= 0.3 is 0 Å². The van der Waals surface area contributed by atoms with E-state index in [1.165, 1.54) is 74.2 Å². The molecule has 0 heterocycles. The van der Waals surface area contributed by atoms with E-state index < -0.39 is 0 Å². The van der Waals surface area contributed by atoms with Crippen LogP contribution in [0.4, 0.5) is 17.1 Å². The molecule has 0 spiro atoms. The fraction of sp³-hybridized carbons (Fsp3) is 0.234. The van der Waals surface area contributed by atoms with Gasteiger partial charge in [0.2, 0.25) is 0 Å². The summed E-state index contributed by atoms with van der Waals surface area (Å²) < 4.78 is 0. The van der Waals surface area contributed by atoms with Crippen LogP contribution in [0.5, 0.6) is 0 Å². The van der Waals surface area contributed by atoms with Crippen LogP contribution in [0.3, 0.4) is 0 Å². The zero-order valence-electron chi connectivity index (χ0n) is 29.1. The third-order valence-electron chi connectivity index (χ3n) is 11.3. The van der Waals surface area contributed by atoms with E-state index in [2.05, 4.69) is 186 Å². The van der Waals surface area contributed by atoms with Gasteiger partial charge in [0.1, 0.15) is 0 Å². The number of para-hydroxylation sites is 2. The van der Waals surface area contributed by atoms with E-state index in [-0.39, 0.29) is 16.2 Å². The maximum atomic E-state index is 2.57. The number of fused-ring (bicyclic) bond motifs is 4. The minimum atomic E-state index is -0.123. The van der Waals surface area contributed by atoms with Gasteiger partial charge in [0.25, 0.3) is 0 Å². The summed E-state index contributed by atoms with van der Waals surface area (Å²) in [4.78, 5) is 2.47.